The van der Waals surface area contributed by atoms with Crippen molar-refractivity contribution in [1.29, 1.82) is 0 Å². The fourth-order valence-corrected chi connectivity index (χ4v) is 2.26. The molecule has 0 aliphatic carbocycles. The molecule has 1 aromatic carbocycles. The molecule has 19 heavy (non-hydrogen) atoms. The number of rotatable bonds is 3. The molecule has 0 saturated carbocycles. The van der Waals surface area contributed by atoms with Crippen molar-refractivity contribution in [2.45, 2.75) is 19.4 Å². The Morgan fingerprint density at radius 1 is 1.32 bits per heavy atom. The van der Waals surface area contributed by atoms with Gasteiger partial charge >= 0.3 is 5.97 Å². The molecule has 1 N–H and O–H groups in total. The predicted molar refractivity (Wildman–Crippen MR) is 70.3 cm³/mol. The van der Waals surface area contributed by atoms with Crippen LogP contribution < -0.4 is 4.90 Å². The molecule has 1 saturated heterocycles. The van der Waals surface area contributed by atoms with Gasteiger partial charge in [0.1, 0.15) is 0 Å². The van der Waals surface area contributed by atoms with E-state index in [-0.39, 0.29) is 23.5 Å². The molecule has 1 aromatic rings. The topological polar surface area (TPSA) is 66.8 Å². The molecule has 0 spiro atoms. The van der Waals surface area contributed by atoms with Gasteiger partial charge < -0.3 is 14.7 Å². The first kappa shape index (κ1) is 13.5. The zero-order valence-electron chi connectivity index (χ0n) is 11.0. The molecular formula is C14H17NO4. The molecule has 2 unspecified atom stereocenters. The van der Waals surface area contributed by atoms with Crippen LogP contribution in [0.25, 0.3) is 0 Å². The Bertz CT molecular complexity index is 483. The van der Waals surface area contributed by atoms with Crippen molar-refractivity contribution in [3.05, 3.63) is 29.8 Å². The van der Waals surface area contributed by atoms with E-state index in [2.05, 4.69) is 0 Å². The monoisotopic (exact) mass is 263 g/mol. The fraction of sp³-hybridized carbons (Fsp3) is 0.429. The minimum Gasteiger partial charge on any atom is -0.478 e. The minimum absolute atomic E-state index is 0.00748. The molecule has 1 aliphatic rings. The number of ether oxygens (including phenoxy) is 1. The van der Waals surface area contributed by atoms with E-state index in [1.165, 1.54) is 12.1 Å². The van der Waals surface area contributed by atoms with E-state index < -0.39 is 5.97 Å². The van der Waals surface area contributed by atoms with E-state index in [1.807, 2.05) is 6.92 Å². The number of benzene rings is 1. The summed E-state index contributed by atoms with van der Waals surface area (Å²) in [7, 11) is 1.70. The van der Waals surface area contributed by atoms with Crippen LogP contribution in [0, 0.1) is 5.92 Å². The molecule has 0 aromatic heterocycles. The van der Waals surface area contributed by atoms with Gasteiger partial charge in [0.05, 0.1) is 17.6 Å². The summed E-state index contributed by atoms with van der Waals surface area (Å²) in [4.78, 5) is 24.6. The van der Waals surface area contributed by atoms with Crippen molar-refractivity contribution in [3.63, 3.8) is 0 Å². The lowest BCUT2D eigenvalue weighted by molar-refractivity contribution is -0.123. The first-order chi connectivity index (χ1) is 9.00. The van der Waals surface area contributed by atoms with Crippen molar-refractivity contribution in [1.82, 2.24) is 0 Å². The van der Waals surface area contributed by atoms with Crippen molar-refractivity contribution < 1.29 is 19.4 Å². The Labute approximate surface area is 111 Å². The van der Waals surface area contributed by atoms with Gasteiger partial charge in [-0.2, -0.15) is 0 Å². The molecule has 1 aliphatic heterocycles. The molecule has 5 heteroatoms. The van der Waals surface area contributed by atoms with Gasteiger partial charge in [0, 0.05) is 19.3 Å². The van der Waals surface area contributed by atoms with E-state index in [9.17, 15) is 9.59 Å². The number of aromatic carboxylic acids is 1. The lowest BCUT2D eigenvalue weighted by Crippen LogP contribution is -2.35. The van der Waals surface area contributed by atoms with Gasteiger partial charge in [0.25, 0.3) is 0 Å². The SMILES string of the molecule is CC1OCCC1C(=O)N(C)c1ccc(C(=O)O)cc1. The Morgan fingerprint density at radius 2 is 1.95 bits per heavy atom. The summed E-state index contributed by atoms with van der Waals surface area (Å²) in [6.45, 7) is 2.51. The quantitative estimate of drug-likeness (QED) is 0.902. The van der Waals surface area contributed by atoms with Crippen LogP contribution in [-0.4, -0.2) is 36.7 Å². The number of hydrogen-bond donors (Lipinski definition) is 1. The van der Waals surface area contributed by atoms with Crippen molar-refractivity contribution in [3.8, 4) is 0 Å². The first-order valence-corrected chi connectivity index (χ1v) is 6.23. The Kier molecular flexibility index (Phi) is 3.85. The van der Waals surface area contributed by atoms with Crippen molar-refractivity contribution in [2.75, 3.05) is 18.6 Å². The summed E-state index contributed by atoms with van der Waals surface area (Å²) < 4.78 is 5.40. The Hall–Kier alpha value is -1.88. The van der Waals surface area contributed by atoms with Crippen LogP contribution in [0.3, 0.4) is 0 Å². The summed E-state index contributed by atoms with van der Waals surface area (Å²) >= 11 is 0. The number of anilines is 1. The third-order valence-electron chi connectivity index (χ3n) is 3.53. The average Bonchev–Trinajstić information content (AvgIpc) is 2.83. The number of hydrogen-bond acceptors (Lipinski definition) is 3. The second-order valence-electron chi connectivity index (χ2n) is 4.72. The second-order valence-corrected chi connectivity index (χ2v) is 4.72. The summed E-state index contributed by atoms with van der Waals surface area (Å²) in [6, 6.07) is 6.27. The van der Waals surface area contributed by atoms with E-state index in [0.29, 0.717) is 12.3 Å². The lowest BCUT2D eigenvalue weighted by atomic mass is 10.0. The highest BCUT2D eigenvalue weighted by Crippen LogP contribution is 2.25. The third kappa shape index (κ3) is 2.76. The number of carbonyl (C=O) groups is 2. The van der Waals surface area contributed by atoms with Gasteiger partial charge in [-0.3, -0.25) is 4.79 Å². The molecule has 0 radical (unpaired) electrons. The summed E-state index contributed by atoms with van der Waals surface area (Å²) in [5, 5.41) is 8.83. The zero-order valence-corrected chi connectivity index (χ0v) is 11.0. The lowest BCUT2D eigenvalue weighted by Gasteiger charge is -2.22. The van der Waals surface area contributed by atoms with Gasteiger partial charge in [-0.05, 0) is 37.6 Å². The summed E-state index contributed by atoms with van der Waals surface area (Å²) in [5.41, 5.74) is 0.899. The average molecular weight is 263 g/mol. The maximum absolute atomic E-state index is 12.3. The standard InChI is InChI=1S/C14H17NO4/c1-9-12(7-8-19-9)13(16)15(2)11-5-3-10(4-6-11)14(17)18/h3-6,9,12H,7-8H2,1-2H3,(H,17,18). The number of carboxylic acids is 1. The van der Waals surface area contributed by atoms with E-state index >= 15 is 0 Å². The molecule has 0 bridgehead atoms. The van der Waals surface area contributed by atoms with Crippen LogP contribution in [-0.2, 0) is 9.53 Å². The normalized spacial score (nSPS) is 22.2. The fourth-order valence-electron chi connectivity index (χ4n) is 2.26. The molecule has 2 rings (SSSR count). The zero-order chi connectivity index (χ0) is 14.0. The van der Waals surface area contributed by atoms with Crippen LogP contribution in [0.5, 0.6) is 0 Å². The second kappa shape index (κ2) is 5.40. The summed E-state index contributed by atoms with van der Waals surface area (Å²) in [6.07, 6.45) is 0.672. The van der Waals surface area contributed by atoms with Crippen LogP contribution in [0.4, 0.5) is 5.69 Å². The number of carbonyl (C=O) groups excluding carboxylic acids is 1. The van der Waals surface area contributed by atoms with E-state index in [1.54, 1.807) is 24.1 Å². The maximum Gasteiger partial charge on any atom is 0.335 e. The molecule has 102 valence electrons. The van der Waals surface area contributed by atoms with Crippen LogP contribution in [0.2, 0.25) is 0 Å². The molecule has 1 heterocycles. The number of amides is 1. The molecular weight excluding hydrogens is 246 g/mol. The maximum atomic E-state index is 12.3. The van der Waals surface area contributed by atoms with Gasteiger partial charge in [-0.1, -0.05) is 0 Å². The Balaban J connectivity index is 2.12. The van der Waals surface area contributed by atoms with Gasteiger partial charge in [-0.25, -0.2) is 4.79 Å². The third-order valence-corrected chi connectivity index (χ3v) is 3.53. The van der Waals surface area contributed by atoms with E-state index in [0.717, 1.165) is 6.42 Å². The highest BCUT2D eigenvalue weighted by Gasteiger charge is 2.33. The van der Waals surface area contributed by atoms with Crippen molar-refractivity contribution in [2.24, 2.45) is 5.92 Å². The van der Waals surface area contributed by atoms with Gasteiger partial charge in [-0.15, -0.1) is 0 Å². The Morgan fingerprint density at radius 3 is 2.42 bits per heavy atom. The first-order valence-electron chi connectivity index (χ1n) is 6.23. The van der Waals surface area contributed by atoms with Gasteiger partial charge in [0.2, 0.25) is 5.91 Å². The van der Waals surface area contributed by atoms with Crippen LogP contribution >= 0.6 is 0 Å². The molecule has 2 atom stereocenters. The van der Waals surface area contributed by atoms with Crippen LogP contribution in [0.1, 0.15) is 23.7 Å². The highest BCUT2D eigenvalue weighted by molar-refractivity contribution is 5.95. The largest absolute Gasteiger partial charge is 0.478 e. The van der Waals surface area contributed by atoms with Crippen molar-refractivity contribution >= 4 is 17.6 Å². The van der Waals surface area contributed by atoms with E-state index in [4.69, 9.17) is 9.84 Å². The predicted octanol–water partition coefficient (Wildman–Crippen LogP) is 1.77. The summed E-state index contributed by atoms with van der Waals surface area (Å²) in [5.74, 6) is -1.09. The van der Waals surface area contributed by atoms with Crippen LogP contribution in [0.15, 0.2) is 24.3 Å². The molecule has 5 nitrogen and oxygen atoms in total. The van der Waals surface area contributed by atoms with Gasteiger partial charge in [0.15, 0.2) is 0 Å². The number of carboxylic acid groups (broad SMARTS) is 1. The molecule has 1 amide bonds. The smallest absolute Gasteiger partial charge is 0.335 e. The molecule has 1 fully saturated rings. The minimum atomic E-state index is -0.974. The number of nitrogens with zero attached hydrogens (tertiary/aromatic N) is 1. The highest BCUT2D eigenvalue weighted by atomic mass is 16.5.